The lowest BCUT2D eigenvalue weighted by atomic mass is 9.96. The average Bonchev–Trinajstić information content (AvgIpc) is 3.15. The highest BCUT2D eigenvalue weighted by Gasteiger charge is 2.57. The van der Waals surface area contributed by atoms with Crippen LogP contribution < -0.4 is 11.2 Å². The van der Waals surface area contributed by atoms with Crippen molar-refractivity contribution < 1.29 is 61.4 Å². The van der Waals surface area contributed by atoms with Gasteiger partial charge in [-0.25, -0.2) is 4.79 Å². The van der Waals surface area contributed by atoms with E-state index in [1.165, 1.54) is 0 Å². The van der Waals surface area contributed by atoms with Gasteiger partial charge in [-0.3, -0.25) is 22.7 Å². The first-order valence-corrected chi connectivity index (χ1v) is 14.8. The van der Waals surface area contributed by atoms with Gasteiger partial charge in [0.2, 0.25) is 0 Å². The molecular weight excluding hydrogens is 654 g/mol. The maximum atomic E-state index is 13.6. The van der Waals surface area contributed by atoms with Crippen molar-refractivity contribution in [1.82, 2.24) is 9.55 Å². The summed E-state index contributed by atoms with van der Waals surface area (Å²) >= 11 is 0. The number of nitrogens with one attached hydrogen (secondary N) is 1. The SMILES string of the molecule is C[C@]1(O)[C@H](OS(=O)(=O)c2ccccc2C(F)(F)F)[C@@H](COS(=O)(=O)c2ccccc2C(F)(F)F)O[C@H]1n1ccc(=O)[nH]c1=O. The molecule has 0 spiro atoms. The number of nitrogens with zero attached hydrogens (tertiary/aromatic N) is 1. The minimum Gasteiger partial charge on any atom is -0.383 e. The molecule has 12 nitrogen and oxygen atoms in total. The fraction of sp³-hybridized carbons (Fsp3) is 0.333. The number of aromatic nitrogens is 2. The molecule has 0 bridgehead atoms. The Morgan fingerprint density at radius 1 is 0.886 bits per heavy atom. The lowest BCUT2D eigenvalue weighted by molar-refractivity contribution is -0.140. The quantitative estimate of drug-likeness (QED) is 0.267. The molecule has 4 rings (SSSR count). The van der Waals surface area contributed by atoms with Crippen LogP contribution >= 0.6 is 0 Å². The van der Waals surface area contributed by atoms with Crippen LogP contribution in [0.1, 0.15) is 24.3 Å². The summed E-state index contributed by atoms with van der Waals surface area (Å²) in [5, 5.41) is 11.3. The molecule has 2 N–H and O–H groups in total. The second kappa shape index (κ2) is 11.4. The summed E-state index contributed by atoms with van der Waals surface area (Å²) in [6.45, 7) is -0.543. The van der Waals surface area contributed by atoms with Gasteiger partial charge < -0.3 is 9.84 Å². The molecule has 2 heterocycles. The number of hydrogen-bond donors (Lipinski definition) is 2. The minimum absolute atomic E-state index is 0.424. The van der Waals surface area contributed by atoms with E-state index in [0.717, 1.165) is 43.5 Å². The molecule has 44 heavy (non-hydrogen) atoms. The van der Waals surface area contributed by atoms with Crippen LogP contribution in [0.4, 0.5) is 26.3 Å². The molecule has 1 aromatic heterocycles. The van der Waals surface area contributed by atoms with Gasteiger partial charge in [-0.05, 0) is 31.2 Å². The van der Waals surface area contributed by atoms with Crippen LogP contribution in [0.25, 0.3) is 0 Å². The smallest absolute Gasteiger partial charge is 0.383 e. The van der Waals surface area contributed by atoms with Gasteiger partial charge in [-0.2, -0.15) is 43.2 Å². The van der Waals surface area contributed by atoms with Crippen molar-refractivity contribution in [2.45, 2.75) is 53.1 Å². The molecule has 1 aliphatic rings. The summed E-state index contributed by atoms with van der Waals surface area (Å²) in [5.41, 5.74) is -8.11. The second-order valence-electron chi connectivity index (χ2n) is 9.47. The second-order valence-corrected chi connectivity index (χ2v) is 12.6. The van der Waals surface area contributed by atoms with E-state index in [4.69, 9.17) is 13.1 Å². The number of ether oxygens (including phenoxy) is 1. The highest BCUT2D eigenvalue weighted by atomic mass is 32.2. The van der Waals surface area contributed by atoms with E-state index in [2.05, 4.69) is 0 Å². The molecule has 0 amide bonds. The zero-order valence-electron chi connectivity index (χ0n) is 21.9. The average molecular weight is 675 g/mol. The van der Waals surface area contributed by atoms with E-state index in [-0.39, 0.29) is 0 Å². The van der Waals surface area contributed by atoms with Crippen LogP contribution in [0, 0.1) is 0 Å². The first-order valence-electron chi connectivity index (χ1n) is 12.0. The van der Waals surface area contributed by atoms with Gasteiger partial charge in [0, 0.05) is 12.3 Å². The van der Waals surface area contributed by atoms with Gasteiger partial charge in [0.15, 0.2) is 6.23 Å². The van der Waals surface area contributed by atoms with Crippen molar-refractivity contribution in [1.29, 1.82) is 0 Å². The Morgan fingerprint density at radius 3 is 1.89 bits per heavy atom. The number of rotatable bonds is 8. The molecule has 1 saturated heterocycles. The van der Waals surface area contributed by atoms with E-state index in [9.17, 15) is 57.9 Å². The number of hydrogen-bond acceptors (Lipinski definition) is 10. The van der Waals surface area contributed by atoms with Crippen LogP contribution in [0.15, 0.2) is 80.2 Å². The molecule has 0 aliphatic carbocycles. The zero-order valence-corrected chi connectivity index (χ0v) is 23.5. The third-order valence-electron chi connectivity index (χ3n) is 6.36. The normalized spacial score (nSPS) is 23.1. The molecule has 2 aromatic carbocycles. The Balaban J connectivity index is 1.76. The van der Waals surface area contributed by atoms with E-state index in [0.29, 0.717) is 28.8 Å². The molecule has 1 aliphatic heterocycles. The zero-order chi connectivity index (χ0) is 32.9. The standard InChI is InChI=1S/C24H20F6N2O10S2/c1-22(35)19(42-44(38,39)17-9-5-3-7-14(17)24(28,29)30)15(41-20(22)32-11-10-18(33)31-21(32)34)12-40-43(36,37)16-8-4-2-6-13(16)23(25,26)27/h2-11,15,19-20,35H,12H2,1H3,(H,31,33,34)/t15-,19-,20-,22+/m1/s1. The largest absolute Gasteiger partial charge is 0.417 e. The van der Waals surface area contributed by atoms with Crippen molar-refractivity contribution in [3.05, 3.63) is 92.8 Å². The summed E-state index contributed by atoms with van der Waals surface area (Å²) in [7, 11) is -10.8. The monoisotopic (exact) mass is 674 g/mol. The summed E-state index contributed by atoms with van der Waals surface area (Å²) in [5.74, 6) is 0. The number of halogens is 6. The lowest BCUT2D eigenvalue weighted by Gasteiger charge is -2.30. The topological polar surface area (TPSA) is 171 Å². The van der Waals surface area contributed by atoms with Crippen molar-refractivity contribution in [2.75, 3.05) is 6.61 Å². The number of aliphatic hydroxyl groups is 1. The van der Waals surface area contributed by atoms with Gasteiger partial charge in [0.05, 0.1) is 17.7 Å². The van der Waals surface area contributed by atoms with Crippen LogP contribution in [0.2, 0.25) is 0 Å². The molecule has 20 heteroatoms. The molecule has 4 atom stereocenters. The summed E-state index contributed by atoms with van der Waals surface area (Å²) in [6, 6.07) is 6.44. The Labute approximate surface area is 243 Å². The fourth-order valence-electron chi connectivity index (χ4n) is 4.38. The van der Waals surface area contributed by atoms with Gasteiger partial charge in [0.25, 0.3) is 25.8 Å². The molecular formula is C24H20F6N2O10S2. The highest BCUT2D eigenvalue weighted by Crippen LogP contribution is 2.43. The first kappa shape index (κ1) is 33.3. The van der Waals surface area contributed by atoms with E-state index in [1.807, 2.05) is 4.98 Å². The Kier molecular flexibility index (Phi) is 8.65. The number of H-pyrrole nitrogens is 1. The van der Waals surface area contributed by atoms with Crippen LogP contribution in [0.3, 0.4) is 0 Å². The Morgan fingerprint density at radius 2 is 1.39 bits per heavy atom. The molecule has 0 unspecified atom stereocenters. The lowest BCUT2D eigenvalue weighted by Crippen LogP contribution is -2.49. The molecule has 240 valence electrons. The van der Waals surface area contributed by atoms with Gasteiger partial charge in [-0.15, -0.1) is 0 Å². The van der Waals surface area contributed by atoms with E-state index in [1.54, 1.807) is 0 Å². The first-order chi connectivity index (χ1) is 20.2. The number of benzene rings is 2. The molecule has 0 saturated carbocycles. The van der Waals surface area contributed by atoms with Crippen molar-refractivity contribution >= 4 is 20.2 Å². The van der Waals surface area contributed by atoms with Crippen molar-refractivity contribution in [2.24, 2.45) is 0 Å². The summed E-state index contributed by atoms with van der Waals surface area (Å²) < 4.78 is 149. The predicted molar refractivity (Wildman–Crippen MR) is 134 cm³/mol. The summed E-state index contributed by atoms with van der Waals surface area (Å²) in [4.78, 5) is 23.0. The molecule has 1 fully saturated rings. The van der Waals surface area contributed by atoms with Crippen LogP contribution in [-0.4, -0.2) is 55.9 Å². The summed E-state index contributed by atoms with van der Waals surface area (Å²) in [6.07, 6.45) is -16.0. The molecule has 3 aromatic rings. The maximum absolute atomic E-state index is 13.6. The number of aromatic amines is 1. The van der Waals surface area contributed by atoms with Gasteiger partial charge in [0.1, 0.15) is 27.6 Å². The maximum Gasteiger partial charge on any atom is 0.417 e. The van der Waals surface area contributed by atoms with Gasteiger partial charge >= 0.3 is 18.0 Å². The minimum atomic E-state index is -5.47. The third kappa shape index (κ3) is 6.59. The van der Waals surface area contributed by atoms with Crippen LogP contribution in [-0.2, 0) is 45.7 Å². The Hall–Kier alpha value is -3.56. The van der Waals surface area contributed by atoms with E-state index < -0.39 is 95.4 Å². The van der Waals surface area contributed by atoms with Gasteiger partial charge in [-0.1, -0.05) is 24.3 Å². The highest BCUT2D eigenvalue weighted by molar-refractivity contribution is 7.87. The van der Waals surface area contributed by atoms with Crippen molar-refractivity contribution in [3.63, 3.8) is 0 Å². The predicted octanol–water partition coefficient (Wildman–Crippen LogP) is 2.40. The molecule has 0 radical (unpaired) electrons. The Bertz CT molecular complexity index is 1890. The van der Waals surface area contributed by atoms with Crippen LogP contribution in [0.5, 0.6) is 0 Å². The fourth-order valence-corrected chi connectivity index (χ4v) is 6.92. The third-order valence-corrected chi connectivity index (χ3v) is 9.06. The number of alkyl halides is 6. The van der Waals surface area contributed by atoms with E-state index >= 15 is 0 Å². The van der Waals surface area contributed by atoms with Crippen molar-refractivity contribution in [3.8, 4) is 0 Å².